The van der Waals surface area contributed by atoms with Crippen LogP contribution in [0.15, 0.2) is 58.0 Å². The van der Waals surface area contributed by atoms with Gasteiger partial charge in [0.15, 0.2) is 0 Å². The molecule has 0 spiro atoms. The average molecular weight is 305 g/mol. The number of primary amides is 1. The molecule has 0 fully saturated rings. The van der Waals surface area contributed by atoms with Crippen molar-refractivity contribution in [1.29, 1.82) is 0 Å². The van der Waals surface area contributed by atoms with Crippen LogP contribution in [0, 0.1) is 6.92 Å². The first kappa shape index (κ1) is 15.0. The standard InChI is InChI=1S/C14H15N3O3S/c1-11-5-7-12(8-6-11)21(19,20)16-14-4-2-3-9-17(14)10-13(15)18/h2-9H,10H2,1H3,(H2,15,18)/b16-14+. The van der Waals surface area contributed by atoms with Crippen molar-refractivity contribution in [3.05, 3.63) is 59.7 Å². The maximum atomic E-state index is 12.3. The van der Waals surface area contributed by atoms with Crippen molar-refractivity contribution in [2.24, 2.45) is 10.1 Å². The Morgan fingerprint density at radius 1 is 1.19 bits per heavy atom. The first-order valence-electron chi connectivity index (χ1n) is 6.20. The Labute approximate surface area is 122 Å². The Balaban J connectivity index is 2.52. The van der Waals surface area contributed by atoms with Gasteiger partial charge in [0.05, 0.1) is 4.90 Å². The molecular formula is C14H15N3O3S. The lowest BCUT2D eigenvalue weighted by Gasteiger charge is -2.05. The molecule has 0 unspecified atom stereocenters. The van der Waals surface area contributed by atoms with E-state index in [-0.39, 0.29) is 16.9 Å². The lowest BCUT2D eigenvalue weighted by Crippen LogP contribution is -2.28. The van der Waals surface area contributed by atoms with Crippen LogP contribution in [0.2, 0.25) is 0 Å². The topological polar surface area (TPSA) is 94.5 Å². The molecule has 1 aromatic carbocycles. The third-order valence-electron chi connectivity index (χ3n) is 2.78. The predicted molar refractivity (Wildman–Crippen MR) is 77.6 cm³/mol. The van der Waals surface area contributed by atoms with Crippen molar-refractivity contribution >= 4 is 15.9 Å². The zero-order valence-electron chi connectivity index (χ0n) is 11.4. The summed E-state index contributed by atoms with van der Waals surface area (Å²) in [6, 6.07) is 11.2. The number of hydrogen-bond donors (Lipinski definition) is 1. The predicted octanol–water partition coefficient (Wildman–Crippen LogP) is 0.571. The van der Waals surface area contributed by atoms with Crippen molar-refractivity contribution in [2.45, 2.75) is 18.4 Å². The molecule has 0 aliphatic rings. The van der Waals surface area contributed by atoms with E-state index < -0.39 is 15.9 Å². The molecule has 1 aromatic heterocycles. The summed E-state index contributed by atoms with van der Waals surface area (Å²) in [5, 5.41) is 0. The summed E-state index contributed by atoms with van der Waals surface area (Å²) in [6.45, 7) is 1.73. The van der Waals surface area contributed by atoms with Gasteiger partial charge in [-0.15, -0.1) is 4.40 Å². The quantitative estimate of drug-likeness (QED) is 0.894. The molecule has 0 atom stereocenters. The minimum Gasteiger partial charge on any atom is -0.368 e. The van der Waals surface area contributed by atoms with Crippen molar-refractivity contribution in [3.8, 4) is 0 Å². The molecule has 110 valence electrons. The van der Waals surface area contributed by atoms with Gasteiger partial charge in [0.2, 0.25) is 5.91 Å². The highest BCUT2D eigenvalue weighted by Gasteiger charge is 2.12. The van der Waals surface area contributed by atoms with Crippen LogP contribution in [0.1, 0.15) is 5.56 Å². The first-order valence-corrected chi connectivity index (χ1v) is 7.64. The van der Waals surface area contributed by atoms with Gasteiger partial charge >= 0.3 is 0 Å². The molecule has 0 saturated carbocycles. The number of benzene rings is 1. The van der Waals surface area contributed by atoms with Crippen LogP contribution in [0.5, 0.6) is 0 Å². The van der Waals surface area contributed by atoms with E-state index in [0.29, 0.717) is 0 Å². The second kappa shape index (κ2) is 5.92. The summed E-state index contributed by atoms with van der Waals surface area (Å²) in [5.41, 5.74) is 6.24. The third-order valence-corrected chi connectivity index (χ3v) is 4.07. The normalized spacial score (nSPS) is 12.3. The fourth-order valence-corrected chi connectivity index (χ4v) is 2.74. The van der Waals surface area contributed by atoms with Crippen LogP contribution in [0.25, 0.3) is 0 Å². The molecule has 0 radical (unpaired) electrons. The van der Waals surface area contributed by atoms with Gasteiger partial charge < -0.3 is 10.3 Å². The first-order chi connectivity index (χ1) is 9.88. The van der Waals surface area contributed by atoms with Gasteiger partial charge in [0.1, 0.15) is 12.0 Å². The molecule has 0 aliphatic carbocycles. The maximum Gasteiger partial charge on any atom is 0.284 e. The van der Waals surface area contributed by atoms with Crippen molar-refractivity contribution in [1.82, 2.24) is 4.57 Å². The molecule has 1 amide bonds. The van der Waals surface area contributed by atoms with E-state index in [4.69, 9.17) is 5.73 Å². The summed E-state index contributed by atoms with van der Waals surface area (Å²) in [6.07, 6.45) is 1.55. The van der Waals surface area contributed by atoms with Crippen molar-refractivity contribution in [3.63, 3.8) is 0 Å². The number of carbonyl (C=O) groups is 1. The van der Waals surface area contributed by atoms with Gasteiger partial charge in [-0.2, -0.15) is 8.42 Å². The van der Waals surface area contributed by atoms with Crippen LogP contribution in [0.4, 0.5) is 0 Å². The number of carbonyl (C=O) groups excluding carboxylic acids is 1. The second-order valence-corrected chi connectivity index (χ2v) is 6.14. The number of nitrogens with zero attached hydrogens (tertiary/aromatic N) is 2. The second-order valence-electron chi connectivity index (χ2n) is 4.53. The SMILES string of the molecule is Cc1ccc(S(=O)(=O)/N=c2\ccccn2CC(N)=O)cc1. The van der Waals surface area contributed by atoms with Gasteiger partial charge in [0, 0.05) is 6.20 Å². The number of pyridine rings is 1. The van der Waals surface area contributed by atoms with E-state index >= 15 is 0 Å². The number of nitrogens with two attached hydrogens (primary N) is 1. The Hall–Kier alpha value is -2.41. The van der Waals surface area contributed by atoms with Crippen molar-refractivity contribution < 1.29 is 13.2 Å². The largest absolute Gasteiger partial charge is 0.368 e. The number of hydrogen-bond acceptors (Lipinski definition) is 3. The maximum absolute atomic E-state index is 12.3. The number of aromatic nitrogens is 1. The lowest BCUT2D eigenvalue weighted by atomic mass is 10.2. The minimum atomic E-state index is -3.84. The Kier molecular flexibility index (Phi) is 4.23. The summed E-state index contributed by atoms with van der Waals surface area (Å²) >= 11 is 0. The molecule has 7 heteroatoms. The van der Waals surface area contributed by atoms with Gasteiger partial charge in [-0.25, -0.2) is 0 Å². The van der Waals surface area contributed by atoms with E-state index in [1.54, 1.807) is 30.5 Å². The third kappa shape index (κ3) is 3.79. The smallest absolute Gasteiger partial charge is 0.284 e. The van der Waals surface area contributed by atoms with Crippen molar-refractivity contribution in [2.75, 3.05) is 0 Å². The molecule has 0 saturated heterocycles. The highest BCUT2D eigenvalue weighted by atomic mass is 32.2. The summed E-state index contributed by atoms with van der Waals surface area (Å²) in [4.78, 5) is 11.1. The monoisotopic (exact) mass is 305 g/mol. The molecular weight excluding hydrogens is 290 g/mol. The zero-order valence-corrected chi connectivity index (χ0v) is 12.2. The van der Waals surface area contributed by atoms with E-state index in [0.717, 1.165) is 5.56 Å². The van der Waals surface area contributed by atoms with Gasteiger partial charge in [-0.1, -0.05) is 23.8 Å². The van der Waals surface area contributed by atoms with Gasteiger partial charge in [0.25, 0.3) is 10.0 Å². The van der Waals surface area contributed by atoms with E-state index in [1.807, 2.05) is 6.92 Å². The molecule has 6 nitrogen and oxygen atoms in total. The number of amides is 1. The Morgan fingerprint density at radius 3 is 2.48 bits per heavy atom. The summed E-state index contributed by atoms with van der Waals surface area (Å²) in [7, 11) is -3.84. The lowest BCUT2D eigenvalue weighted by molar-refractivity contribution is -0.118. The number of aryl methyl sites for hydroxylation is 1. The molecule has 1 heterocycles. The molecule has 21 heavy (non-hydrogen) atoms. The summed E-state index contributed by atoms with van der Waals surface area (Å²) in [5.74, 6) is -0.574. The van der Waals surface area contributed by atoms with Crippen LogP contribution in [0.3, 0.4) is 0 Å². The molecule has 0 aliphatic heterocycles. The van der Waals surface area contributed by atoms with E-state index in [2.05, 4.69) is 4.40 Å². The van der Waals surface area contributed by atoms with Crippen LogP contribution < -0.4 is 11.2 Å². The highest BCUT2D eigenvalue weighted by Crippen LogP contribution is 2.12. The molecule has 2 aromatic rings. The van der Waals surface area contributed by atoms with Crippen LogP contribution >= 0.6 is 0 Å². The van der Waals surface area contributed by atoms with E-state index in [9.17, 15) is 13.2 Å². The Morgan fingerprint density at radius 2 is 1.86 bits per heavy atom. The molecule has 2 N–H and O–H groups in total. The summed E-state index contributed by atoms with van der Waals surface area (Å²) < 4.78 is 29.7. The highest BCUT2D eigenvalue weighted by molar-refractivity contribution is 7.90. The fraction of sp³-hybridized carbons (Fsp3) is 0.143. The zero-order chi connectivity index (χ0) is 15.5. The molecule has 0 bridgehead atoms. The minimum absolute atomic E-state index is 0.0996. The average Bonchev–Trinajstić information content (AvgIpc) is 2.40. The fourth-order valence-electron chi connectivity index (χ4n) is 1.74. The Bertz CT molecular complexity index is 821. The van der Waals surface area contributed by atoms with Crippen LogP contribution in [-0.2, 0) is 21.4 Å². The molecule has 2 rings (SSSR count). The number of sulfonamides is 1. The van der Waals surface area contributed by atoms with Gasteiger partial charge in [-0.3, -0.25) is 4.79 Å². The number of rotatable bonds is 4. The van der Waals surface area contributed by atoms with Gasteiger partial charge in [-0.05, 0) is 31.2 Å². The van der Waals surface area contributed by atoms with Crippen LogP contribution in [-0.4, -0.2) is 18.9 Å². The van der Waals surface area contributed by atoms with E-state index in [1.165, 1.54) is 22.8 Å².